The van der Waals surface area contributed by atoms with Crippen LogP contribution in [0.5, 0.6) is 11.5 Å². The van der Waals surface area contributed by atoms with E-state index >= 15 is 0 Å². The summed E-state index contributed by atoms with van der Waals surface area (Å²) in [4.78, 5) is 4.22. The molecule has 7 heteroatoms. The third kappa shape index (κ3) is 2.61. The largest absolute Gasteiger partial charge is 0.486 e. The SMILES string of the molecule is O=S1(=O)CCCN1c1cc(-c2ccc3c(c2)OCCO3)ccn1. The third-order valence-electron chi connectivity index (χ3n) is 3.98. The fourth-order valence-corrected chi connectivity index (χ4v) is 4.36. The summed E-state index contributed by atoms with van der Waals surface area (Å²) in [5.41, 5.74) is 1.84. The minimum atomic E-state index is -3.23. The zero-order chi connectivity index (χ0) is 15.9. The smallest absolute Gasteiger partial charge is 0.236 e. The van der Waals surface area contributed by atoms with Gasteiger partial charge in [0.2, 0.25) is 10.0 Å². The van der Waals surface area contributed by atoms with Crippen LogP contribution in [0.1, 0.15) is 6.42 Å². The van der Waals surface area contributed by atoms with Crippen LogP contribution in [0.4, 0.5) is 5.82 Å². The summed E-state index contributed by atoms with van der Waals surface area (Å²) in [6, 6.07) is 9.37. The Labute approximate surface area is 134 Å². The van der Waals surface area contributed by atoms with E-state index in [1.54, 1.807) is 12.3 Å². The number of aromatic nitrogens is 1. The molecule has 0 aliphatic carbocycles. The van der Waals surface area contributed by atoms with Gasteiger partial charge in [-0.25, -0.2) is 13.4 Å². The van der Waals surface area contributed by atoms with Crippen LogP contribution in [-0.2, 0) is 10.0 Å². The van der Waals surface area contributed by atoms with Gasteiger partial charge in [0.1, 0.15) is 19.0 Å². The van der Waals surface area contributed by atoms with Crippen molar-refractivity contribution in [1.29, 1.82) is 0 Å². The Hall–Kier alpha value is -2.28. The van der Waals surface area contributed by atoms with Crippen molar-refractivity contribution in [3.05, 3.63) is 36.5 Å². The normalized spacial score (nSPS) is 18.9. The molecule has 0 saturated carbocycles. The quantitative estimate of drug-likeness (QED) is 0.842. The molecule has 3 heterocycles. The van der Waals surface area contributed by atoms with Crippen LogP contribution in [0.15, 0.2) is 36.5 Å². The molecule has 1 aromatic heterocycles. The molecule has 0 amide bonds. The Morgan fingerprint density at radius 2 is 1.78 bits per heavy atom. The molecule has 0 unspecified atom stereocenters. The van der Waals surface area contributed by atoms with E-state index < -0.39 is 10.0 Å². The Morgan fingerprint density at radius 1 is 1.00 bits per heavy atom. The highest BCUT2D eigenvalue weighted by atomic mass is 32.2. The number of sulfonamides is 1. The Kier molecular flexibility index (Phi) is 3.37. The number of nitrogens with zero attached hydrogens (tertiary/aromatic N) is 2. The minimum Gasteiger partial charge on any atom is -0.486 e. The fourth-order valence-electron chi connectivity index (χ4n) is 2.85. The minimum absolute atomic E-state index is 0.183. The van der Waals surface area contributed by atoms with Crippen LogP contribution in [-0.4, -0.2) is 38.9 Å². The van der Waals surface area contributed by atoms with Gasteiger partial charge in [0.15, 0.2) is 11.5 Å². The average molecular weight is 332 g/mol. The number of rotatable bonds is 2. The summed E-state index contributed by atoms with van der Waals surface area (Å²) in [6.45, 7) is 1.57. The second-order valence-electron chi connectivity index (χ2n) is 5.50. The van der Waals surface area contributed by atoms with Crippen molar-refractivity contribution in [3.8, 4) is 22.6 Å². The third-order valence-corrected chi connectivity index (χ3v) is 5.82. The highest BCUT2D eigenvalue weighted by Gasteiger charge is 2.29. The van der Waals surface area contributed by atoms with Crippen LogP contribution in [0.2, 0.25) is 0 Å². The molecule has 1 aromatic carbocycles. The highest BCUT2D eigenvalue weighted by Crippen LogP contribution is 2.35. The van der Waals surface area contributed by atoms with Gasteiger partial charge < -0.3 is 9.47 Å². The fraction of sp³-hybridized carbons (Fsp3) is 0.312. The van der Waals surface area contributed by atoms with Crippen LogP contribution >= 0.6 is 0 Å². The van der Waals surface area contributed by atoms with Crippen molar-refractivity contribution >= 4 is 15.8 Å². The molecule has 6 nitrogen and oxygen atoms in total. The van der Waals surface area contributed by atoms with Gasteiger partial charge in [-0.15, -0.1) is 0 Å². The van der Waals surface area contributed by atoms with Crippen molar-refractivity contribution in [2.24, 2.45) is 0 Å². The summed E-state index contributed by atoms with van der Waals surface area (Å²) in [7, 11) is -3.23. The molecular formula is C16H16N2O4S. The molecule has 0 N–H and O–H groups in total. The zero-order valence-corrected chi connectivity index (χ0v) is 13.3. The lowest BCUT2D eigenvalue weighted by molar-refractivity contribution is 0.171. The number of fused-ring (bicyclic) bond motifs is 1. The molecule has 0 bridgehead atoms. The first-order valence-corrected chi connectivity index (χ1v) is 9.11. The number of benzene rings is 1. The summed E-state index contributed by atoms with van der Waals surface area (Å²) in [5.74, 6) is 2.09. The van der Waals surface area contributed by atoms with Gasteiger partial charge in [-0.1, -0.05) is 6.07 Å². The number of hydrogen-bond acceptors (Lipinski definition) is 5. The van der Waals surface area contributed by atoms with E-state index in [9.17, 15) is 8.42 Å². The Balaban J connectivity index is 1.72. The molecule has 2 aliphatic heterocycles. The van der Waals surface area contributed by atoms with Gasteiger partial charge >= 0.3 is 0 Å². The average Bonchev–Trinajstić information content (AvgIpc) is 2.94. The molecule has 0 spiro atoms. The van der Waals surface area contributed by atoms with Gasteiger partial charge in [0.05, 0.1) is 5.75 Å². The lowest BCUT2D eigenvalue weighted by Gasteiger charge is -2.19. The maximum absolute atomic E-state index is 12.1. The molecule has 2 aliphatic rings. The van der Waals surface area contributed by atoms with E-state index in [0.29, 0.717) is 37.7 Å². The number of hydrogen-bond donors (Lipinski definition) is 0. The van der Waals surface area contributed by atoms with Crippen molar-refractivity contribution in [2.45, 2.75) is 6.42 Å². The lowest BCUT2D eigenvalue weighted by Crippen LogP contribution is -2.25. The molecule has 1 saturated heterocycles. The maximum atomic E-state index is 12.1. The van der Waals surface area contributed by atoms with Gasteiger partial charge in [-0.2, -0.15) is 0 Å². The van der Waals surface area contributed by atoms with Crippen molar-refractivity contribution in [1.82, 2.24) is 4.98 Å². The molecule has 2 aromatic rings. The van der Waals surface area contributed by atoms with E-state index in [1.165, 1.54) is 4.31 Å². The topological polar surface area (TPSA) is 68.7 Å². The van der Waals surface area contributed by atoms with Gasteiger partial charge in [0.25, 0.3) is 0 Å². The molecule has 0 atom stereocenters. The molecule has 1 fully saturated rings. The second-order valence-corrected chi connectivity index (χ2v) is 7.52. The zero-order valence-electron chi connectivity index (χ0n) is 12.4. The van der Waals surface area contributed by atoms with Crippen LogP contribution < -0.4 is 13.8 Å². The van der Waals surface area contributed by atoms with Gasteiger partial charge in [0, 0.05) is 12.7 Å². The van der Waals surface area contributed by atoms with E-state index in [4.69, 9.17) is 9.47 Å². The van der Waals surface area contributed by atoms with Crippen molar-refractivity contribution < 1.29 is 17.9 Å². The van der Waals surface area contributed by atoms with Crippen LogP contribution in [0, 0.1) is 0 Å². The Bertz CT molecular complexity index is 851. The number of pyridine rings is 1. The van der Waals surface area contributed by atoms with E-state index in [1.807, 2.05) is 24.3 Å². The molecule has 4 rings (SSSR count). The summed E-state index contributed by atoms with van der Waals surface area (Å²) >= 11 is 0. The van der Waals surface area contributed by atoms with Crippen molar-refractivity contribution in [2.75, 3.05) is 29.8 Å². The summed E-state index contributed by atoms with van der Waals surface area (Å²) in [5, 5.41) is 0. The first-order valence-electron chi connectivity index (χ1n) is 7.50. The summed E-state index contributed by atoms with van der Waals surface area (Å²) < 4.78 is 36.6. The van der Waals surface area contributed by atoms with Gasteiger partial charge in [-0.05, 0) is 41.8 Å². The van der Waals surface area contributed by atoms with E-state index in [0.717, 1.165) is 16.9 Å². The van der Waals surface area contributed by atoms with Crippen LogP contribution in [0.25, 0.3) is 11.1 Å². The Morgan fingerprint density at radius 3 is 2.57 bits per heavy atom. The molecule has 23 heavy (non-hydrogen) atoms. The molecule has 120 valence electrons. The first-order chi connectivity index (χ1) is 11.1. The summed E-state index contributed by atoms with van der Waals surface area (Å²) in [6.07, 6.45) is 2.27. The highest BCUT2D eigenvalue weighted by molar-refractivity contribution is 7.93. The van der Waals surface area contributed by atoms with E-state index in [-0.39, 0.29) is 5.75 Å². The monoisotopic (exact) mass is 332 g/mol. The van der Waals surface area contributed by atoms with E-state index in [2.05, 4.69) is 4.98 Å². The second kappa shape index (κ2) is 5.42. The van der Waals surface area contributed by atoms with Crippen molar-refractivity contribution in [3.63, 3.8) is 0 Å². The molecular weight excluding hydrogens is 316 g/mol. The number of ether oxygens (including phenoxy) is 2. The standard InChI is InChI=1S/C16H16N2O4S/c19-23(20)9-1-6-18(23)16-11-13(4-5-17-16)12-2-3-14-15(10-12)22-8-7-21-14/h2-5,10-11H,1,6-9H2. The molecule has 0 radical (unpaired) electrons. The first kappa shape index (κ1) is 14.3. The predicted octanol–water partition coefficient (Wildman–Crippen LogP) is 2.06. The van der Waals surface area contributed by atoms with Crippen LogP contribution in [0.3, 0.4) is 0 Å². The predicted molar refractivity (Wildman–Crippen MR) is 86.4 cm³/mol. The number of anilines is 1. The maximum Gasteiger partial charge on any atom is 0.236 e. The van der Waals surface area contributed by atoms with Gasteiger partial charge in [-0.3, -0.25) is 4.31 Å². The lowest BCUT2D eigenvalue weighted by atomic mass is 10.1.